The molecule has 0 fully saturated rings. The number of phenols is 2. The van der Waals surface area contributed by atoms with E-state index in [1.165, 1.54) is 32.2 Å². The van der Waals surface area contributed by atoms with Crippen LogP contribution in [-0.4, -0.2) is 59.5 Å². The molecule has 1 atom stereocenters. The summed E-state index contributed by atoms with van der Waals surface area (Å²) in [6, 6.07) is 10.7. The van der Waals surface area contributed by atoms with Crippen molar-refractivity contribution in [1.82, 2.24) is 4.57 Å². The normalized spacial score (nSPS) is 12.0. The predicted molar refractivity (Wildman–Crippen MR) is 163 cm³/mol. The Hall–Kier alpha value is -4.51. The van der Waals surface area contributed by atoms with Gasteiger partial charge in [-0.05, 0) is 49.7 Å². The number of aromatic hydroxyl groups is 2. The number of anilines is 1. The van der Waals surface area contributed by atoms with Crippen LogP contribution in [0.15, 0.2) is 65.6 Å². The monoisotopic (exact) mass is 598 g/mol. The Kier molecular flexibility index (Phi) is 8.77. The number of carbonyl (C=O) groups is 2. The Morgan fingerprint density at radius 1 is 0.977 bits per heavy atom. The number of hydrogen-bond acceptors (Lipinski definition) is 8. The van der Waals surface area contributed by atoms with Crippen molar-refractivity contribution < 1.29 is 34.8 Å². The van der Waals surface area contributed by atoms with E-state index in [2.05, 4.69) is 5.32 Å². The Bertz CT molecular complexity index is 1810. The van der Waals surface area contributed by atoms with Crippen molar-refractivity contribution in [3.63, 3.8) is 0 Å². The van der Waals surface area contributed by atoms with E-state index in [9.17, 15) is 34.8 Å². The van der Waals surface area contributed by atoms with Gasteiger partial charge in [-0.1, -0.05) is 46.3 Å². The van der Waals surface area contributed by atoms with E-state index in [1.807, 2.05) is 6.92 Å². The first kappa shape index (κ1) is 31.4. The van der Waals surface area contributed by atoms with Crippen LogP contribution in [0.25, 0.3) is 11.1 Å². The van der Waals surface area contributed by atoms with Crippen molar-refractivity contribution in [2.24, 2.45) is 0 Å². The fourth-order valence-electron chi connectivity index (χ4n) is 4.72. The van der Waals surface area contributed by atoms with Gasteiger partial charge < -0.3 is 30.5 Å². The molecule has 5 N–H and O–H groups in total. The summed E-state index contributed by atoms with van der Waals surface area (Å²) >= 11 is 6.18. The number of pyridine rings is 1. The van der Waals surface area contributed by atoms with E-state index >= 15 is 0 Å². The lowest BCUT2D eigenvalue weighted by atomic mass is 9.78. The highest BCUT2D eigenvalue weighted by Crippen LogP contribution is 2.40. The summed E-state index contributed by atoms with van der Waals surface area (Å²) in [5.41, 5.74) is -0.960. The van der Waals surface area contributed by atoms with Gasteiger partial charge in [0.1, 0.15) is 21.4 Å². The molecule has 4 radical (unpaired) electrons. The molecule has 0 saturated heterocycles. The van der Waals surface area contributed by atoms with E-state index in [4.69, 9.17) is 32.0 Å². The molecule has 0 aliphatic heterocycles. The second-order valence-electron chi connectivity index (χ2n) is 9.86. The quantitative estimate of drug-likeness (QED) is 0.0888. The molecule has 0 spiro atoms. The number of nitrogens with zero attached hydrogens (tertiary/aromatic N) is 1. The minimum atomic E-state index is -3.43. The molecule has 1 unspecified atom stereocenters. The van der Waals surface area contributed by atoms with Crippen molar-refractivity contribution in [2.75, 3.05) is 12.4 Å². The van der Waals surface area contributed by atoms with Crippen LogP contribution in [0.4, 0.5) is 5.69 Å². The SMILES string of the molecule is [B]c1cc([B])c(C(O)(O)C(C(=O)Nc2ccc(C)cc2)n2cc(OC)c(-c3cc(Cl)ccc3C(C)=O)cc2=O)c(O)c1O. The number of benzene rings is 3. The average molecular weight is 599 g/mol. The molecule has 4 rings (SSSR count). The lowest BCUT2D eigenvalue weighted by Crippen LogP contribution is -2.49. The number of methoxy groups -OCH3 is 1. The lowest BCUT2D eigenvalue weighted by molar-refractivity contribution is -0.203. The molecular weight excluding hydrogens is 573 g/mol. The molecule has 13 heteroatoms. The number of carbonyl (C=O) groups excluding carboxylic acids is 2. The summed E-state index contributed by atoms with van der Waals surface area (Å²) in [7, 11) is 12.9. The average Bonchev–Trinajstić information content (AvgIpc) is 2.93. The number of ketones is 1. The molecule has 0 bridgehead atoms. The van der Waals surface area contributed by atoms with Crippen LogP contribution in [0.1, 0.15) is 34.5 Å². The van der Waals surface area contributed by atoms with Crippen molar-refractivity contribution in [3.05, 3.63) is 92.9 Å². The number of aliphatic hydroxyl groups is 2. The summed E-state index contributed by atoms with van der Waals surface area (Å²) in [6.45, 7) is 3.15. The number of Topliss-reactive ketones (excluding diaryl/α,β-unsaturated/α-hetero) is 1. The summed E-state index contributed by atoms with van der Waals surface area (Å²) in [5, 5.41) is 46.7. The number of ether oxygens (including phenoxy) is 1. The predicted octanol–water partition coefficient (Wildman–Crippen LogP) is 1.70. The summed E-state index contributed by atoms with van der Waals surface area (Å²) in [6.07, 6.45) is 1.04. The Morgan fingerprint density at radius 3 is 2.23 bits per heavy atom. The van der Waals surface area contributed by atoms with Gasteiger partial charge in [0.05, 0.1) is 18.9 Å². The van der Waals surface area contributed by atoms with E-state index in [0.29, 0.717) is 4.57 Å². The maximum atomic E-state index is 13.8. The Morgan fingerprint density at radius 2 is 1.63 bits per heavy atom. The van der Waals surface area contributed by atoms with Crippen LogP contribution in [0.3, 0.4) is 0 Å². The maximum absolute atomic E-state index is 13.8. The smallest absolute Gasteiger partial charge is 0.253 e. The number of rotatable bonds is 8. The Balaban J connectivity index is 1.99. The van der Waals surface area contributed by atoms with Crippen LogP contribution in [0, 0.1) is 6.92 Å². The topological polar surface area (TPSA) is 158 Å². The zero-order valence-electron chi connectivity index (χ0n) is 23.3. The van der Waals surface area contributed by atoms with Gasteiger partial charge in [0, 0.05) is 27.9 Å². The molecule has 4 aromatic rings. The summed E-state index contributed by atoms with van der Waals surface area (Å²) in [4.78, 5) is 39.8. The van der Waals surface area contributed by atoms with Crippen LogP contribution in [-0.2, 0) is 10.6 Å². The second-order valence-corrected chi connectivity index (χ2v) is 10.3. The van der Waals surface area contributed by atoms with E-state index in [0.717, 1.165) is 23.9 Å². The highest BCUT2D eigenvalue weighted by atomic mass is 35.5. The van der Waals surface area contributed by atoms with Crippen LogP contribution >= 0.6 is 11.6 Å². The van der Waals surface area contributed by atoms with Crippen LogP contribution in [0.2, 0.25) is 5.02 Å². The number of hydrogen-bond donors (Lipinski definition) is 5. The minimum Gasteiger partial charge on any atom is -0.505 e. The van der Waals surface area contributed by atoms with Gasteiger partial charge in [-0.3, -0.25) is 19.0 Å². The fraction of sp³-hybridized carbons (Fsp3) is 0.167. The third-order valence-electron chi connectivity index (χ3n) is 6.84. The highest BCUT2D eigenvalue weighted by Gasteiger charge is 2.47. The minimum absolute atomic E-state index is 0.0503. The summed E-state index contributed by atoms with van der Waals surface area (Å²) in [5.74, 6) is -6.96. The number of aryl methyl sites for hydroxylation is 1. The standard InChI is InChI=1S/C30H25B2ClN2O8/c1-14-4-7-17(8-5-14)34-29(40)28(30(41,42)25-21(31)12-22(32)26(38)27(25)39)35-13-23(43-3)20(11-24(35)37)19-10-16(33)6-9-18(19)15(2)36/h4-13,28,38-39,41-42H,1-3H3,(H,34,40). The van der Waals surface area contributed by atoms with Crippen molar-refractivity contribution in [1.29, 1.82) is 0 Å². The molecule has 0 aliphatic rings. The molecule has 0 aliphatic carbocycles. The van der Waals surface area contributed by atoms with Gasteiger partial charge in [-0.2, -0.15) is 0 Å². The summed E-state index contributed by atoms with van der Waals surface area (Å²) < 4.78 is 6.16. The number of phenolic OH excluding ortho intramolecular Hbond substituents is 2. The molecule has 0 saturated carbocycles. The molecule has 3 aromatic carbocycles. The van der Waals surface area contributed by atoms with E-state index in [-0.39, 0.29) is 44.4 Å². The van der Waals surface area contributed by atoms with E-state index < -0.39 is 45.8 Å². The van der Waals surface area contributed by atoms with Gasteiger partial charge in [-0.25, -0.2) is 0 Å². The fourth-order valence-corrected chi connectivity index (χ4v) is 4.90. The highest BCUT2D eigenvalue weighted by molar-refractivity contribution is 6.40. The number of aromatic nitrogens is 1. The molecule has 1 heterocycles. The van der Waals surface area contributed by atoms with Crippen LogP contribution < -0.4 is 26.5 Å². The van der Waals surface area contributed by atoms with Gasteiger partial charge in [0.15, 0.2) is 23.3 Å². The van der Waals surface area contributed by atoms with Crippen LogP contribution in [0.5, 0.6) is 17.2 Å². The zero-order chi connectivity index (χ0) is 31.8. The van der Waals surface area contributed by atoms with Gasteiger partial charge in [0.2, 0.25) is 5.79 Å². The van der Waals surface area contributed by atoms with Gasteiger partial charge in [0.25, 0.3) is 11.5 Å². The third-order valence-corrected chi connectivity index (χ3v) is 7.08. The lowest BCUT2D eigenvalue weighted by Gasteiger charge is -2.34. The van der Waals surface area contributed by atoms with Crippen molar-refractivity contribution >= 4 is 55.6 Å². The first-order valence-electron chi connectivity index (χ1n) is 12.7. The van der Waals surface area contributed by atoms with Gasteiger partial charge >= 0.3 is 0 Å². The molecule has 1 amide bonds. The number of amides is 1. The number of halogens is 1. The first-order chi connectivity index (χ1) is 20.2. The van der Waals surface area contributed by atoms with E-state index in [1.54, 1.807) is 24.3 Å². The molecule has 43 heavy (non-hydrogen) atoms. The molecule has 216 valence electrons. The number of nitrogens with one attached hydrogen (secondary N) is 1. The molecular formula is C30H25B2ClN2O8. The first-order valence-corrected chi connectivity index (χ1v) is 13.1. The second kappa shape index (κ2) is 12.0. The van der Waals surface area contributed by atoms with Crippen molar-refractivity contribution in [3.8, 4) is 28.4 Å². The Labute approximate surface area is 254 Å². The van der Waals surface area contributed by atoms with Crippen molar-refractivity contribution in [2.45, 2.75) is 25.7 Å². The molecule has 1 aromatic heterocycles. The maximum Gasteiger partial charge on any atom is 0.253 e. The van der Waals surface area contributed by atoms with Gasteiger partial charge in [-0.15, -0.1) is 0 Å². The zero-order valence-corrected chi connectivity index (χ0v) is 24.0. The molecule has 10 nitrogen and oxygen atoms in total. The third kappa shape index (κ3) is 6.03. The largest absolute Gasteiger partial charge is 0.505 e.